The minimum Gasteiger partial charge on any atom is -0.349 e. The van der Waals surface area contributed by atoms with Crippen LogP contribution in [-0.2, 0) is 4.79 Å². The Morgan fingerprint density at radius 2 is 1.86 bits per heavy atom. The molecule has 0 spiro atoms. The van der Waals surface area contributed by atoms with E-state index in [1.807, 2.05) is 11.8 Å². The number of rotatable bonds is 2. The van der Waals surface area contributed by atoms with Crippen molar-refractivity contribution < 1.29 is 4.79 Å². The van der Waals surface area contributed by atoms with Gasteiger partial charge >= 0.3 is 0 Å². The van der Waals surface area contributed by atoms with Crippen LogP contribution in [0.1, 0.15) is 52.4 Å². The lowest BCUT2D eigenvalue weighted by atomic mass is 9.43. The van der Waals surface area contributed by atoms with Crippen LogP contribution in [0.5, 0.6) is 0 Å². The van der Waals surface area contributed by atoms with Crippen molar-refractivity contribution in [2.75, 3.05) is 18.1 Å². The predicted octanol–water partition coefficient (Wildman–Crippen LogP) is 2.56. The zero-order valence-electron chi connectivity index (χ0n) is 13.3. The molecule has 21 heavy (non-hydrogen) atoms. The van der Waals surface area contributed by atoms with E-state index in [1.165, 1.54) is 38.5 Å². The molecule has 5 rings (SSSR count). The maximum Gasteiger partial charge on any atom is 0.238 e. The Balaban J connectivity index is 1.52. The minimum absolute atomic E-state index is 0.0253. The molecule has 3 atom stereocenters. The average molecular weight is 308 g/mol. The highest BCUT2D eigenvalue weighted by molar-refractivity contribution is 7.99. The SMILES string of the molecule is CC12CC3CC(C)(C1)CC(NC(=O)C1CSCCN1)(C3)C2. The number of hydrogen-bond acceptors (Lipinski definition) is 3. The van der Waals surface area contributed by atoms with Gasteiger partial charge < -0.3 is 10.6 Å². The van der Waals surface area contributed by atoms with Gasteiger partial charge in [-0.05, 0) is 55.3 Å². The zero-order valence-corrected chi connectivity index (χ0v) is 14.2. The molecule has 5 aliphatic rings. The van der Waals surface area contributed by atoms with Crippen molar-refractivity contribution in [1.82, 2.24) is 10.6 Å². The second-order valence-electron chi connectivity index (χ2n) is 8.98. The van der Waals surface area contributed by atoms with Crippen LogP contribution in [0.3, 0.4) is 0 Å². The average Bonchev–Trinajstić information content (AvgIpc) is 2.34. The molecule has 0 aromatic carbocycles. The van der Waals surface area contributed by atoms with Crippen molar-refractivity contribution in [2.24, 2.45) is 16.7 Å². The first kappa shape index (κ1) is 14.4. The van der Waals surface area contributed by atoms with Gasteiger partial charge in [0, 0.05) is 23.6 Å². The largest absolute Gasteiger partial charge is 0.349 e. The second-order valence-corrected chi connectivity index (χ2v) is 10.1. The van der Waals surface area contributed by atoms with Crippen LogP contribution in [0.4, 0.5) is 0 Å². The molecule has 4 bridgehead atoms. The Hall–Kier alpha value is -0.220. The highest BCUT2D eigenvalue weighted by Gasteiger charge is 2.60. The molecule has 0 aromatic heterocycles. The lowest BCUT2D eigenvalue weighted by Crippen LogP contribution is -2.67. The van der Waals surface area contributed by atoms with Crippen LogP contribution >= 0.6 is 11.8 Å². The van der Waals surface area contributed by atoms with Gasteiger partial charge in [-0.25, -0.2) is 0 Å². The fraction of sp³-hybridized carbons (Fsp3) is 0.941. The lowest BCUT2D eigenvalue weighted by molar-refractivity contribution is -0.140. The molecule has 0 radical (unpaired) electrons. The highest BCUT2D eigenvalue weighted by atomic mass is 32.2. The summed E-state index contributed by atoms with van der Waals surface area (Å²) >= 11 is 1.90. The topological polar surface area (TPSA) is 41.1 Å². The summed E-state index contributed by atoms with van der Waals surface area (Å²) in [5.41, 5.74) is 1.04. The molecular weight excluding hydrogens is 280 g/mol. The van der Waals surface area contributed by atoms with Crippen LogP contribution < -0.4 is 10.6 Å². The van der Waals surface area contributed by atoms with E-state index in [2.05, 4.69) is 24.5 Å². The zero-order chi connectivity index (χ0) is 14.7. The summed E-state index contributed by atoms with van der Waals surface area (Å²) in [6, 6.07) is 0.0253. The van der Waals surface area contributed by atoms with E-state index in [9.17, 15) is 4.79 Å². The fourth-order valence-corrected chi connectivity index (χ4v) is 7.60. The minimum atomic E-state index is 0.0253. The quantitative estimate of drug-likeness (QED) is 0.824. The van der Waals surface area contributed by atoms with Crippen LogP contribution in [-0.4, -0.2) is 35.5 Å². The molecule has 2 N–H and O–H groups in total. The van der Waals surface area contributed by atoms with E-state index in [-0.39, 0.29) is 17.5 Å². The molecule has 1 saturated heterocycles. The molecule has 0 aromatic rings. The summed E-state index contributed by atoms with van der Waals surface area (Å²) in [7, 11) is 0. The van der Waals surface area contributed by atoms with E-state index in [4.69, 9.17) is 0 Å². The van der Waals surface area contributed by atoms with Crippen LogP contribution in [0, 0.1) is 16.7 Å². The molecule has 118 valence electrons. The summed E-state index contributed by atoms with van der Waals surface area (Å²) in [5.74, 6) is 3.16. The molecule has 1 amide bonds. The molecule has 3 nitrogen and oxygen atoms in total. The standard InChI is InChI=1S/C17H28N2OS/c1-15-5-12-6-16(2,9-15)11-17(7-12,10-15)19-14(20)13-8-21-4-3-18-13/h12-13,18H,3-11H2,1-2H3,(H,19,20). The van der Waals surface area contributed by atoms with Gasteiger partial charge in [0.2, 0.25) is 5.91 Å². The Bertz CT molecular complexity index is 442. The number of amides is 1. The Kier molecular flexibility index (Phi) is 3.18. The van der Waals surface area contributed by atoms with Crippen molar-refractivity contribution >= 4 is 17.7 Å². The summed E-state index contributed by atoms with van der Waals surface area (Å²) < 4.78 is 0. The van der Waals surface area contributed by atoms with Gasteiger partial charge in [-0.2, -0.15) is 11.8 Å². The molecule has 4 saturated carbocycles. The van der Waals surface area contributed by atoms with Crippen LogP contribution in [0.2, 0.25) is 0 Å². The maximum absolute atomic E-state index is 12.7. The van der Waals surface area contributed by atoms with E-state index < -0.39 is 0 Å². The third-order valence-electron chi connectivity index (χ3n) is 6.25. The van der Waals surface area contributed by atoms with Gasteiger partial charge in [-0.1, -0.05) is 13.8 Å². The number of carbonyl (C=O) groups is 1. The molecule has 1 aliphatic heterocycles. The van der Waals surface area contributed by atoms with Crippen LogP contribution in [0.15, 0.2) is 0 Å². The first-order valence-electron chi connectivity index (χ1n) is 8.53. The normalized spacial score (nSPS) is 51.9. The van der Waals surface area contributed by atoms with Crippen LogP contribution in [0.25, 0.3) is 0 Å². The molecule has 4 heteroatoms. The van der Waals surface area contributed by atoms with Gasteiger partial charge in [-0.15, -0.1) is 0 Å². The predicted molar refractivity (Wildman–Crippen MR) is 87.4 cm³/mol. The van der Waals surface area contributed by atoms with Gasteiger partial charge in [0.1, 0.15) is 0 Å². The maximum atomic E-state index is 12.7. The lowest BCUT2D eigenvalue weighted by Gasteiger charge is -2.65. The van der Waals surface area contributed by atoms with Crippen molar-refractivity contribution in [1.29, 1.82) is 0 Å². The molecule has 4 aliphatic carbocycles. The van der Waals surface area contributed by atoms with E-state index in [0.717, 1.165) is 24.0 Å². The molecular formula is C17H28N2OS. The highest BCUT2D eigenvalue weighted by Crippen LogP contribution is 2.66. The Morgan fingerprint density at radius 1 is 1.14 bits per heavy atom. The van der Waals surface area contributed by atoms with Gasteiger partial charge in [0.25, 0.3) is 0 Å². The van der Waals surface area contributed by atoms with E-state index >= 15 is 0 Å². The Labute approximate surface area is 132 Å². The Morgan fingerprint density at radius 3 is 2.43 bits per heavy atom. The number of thioether (sulfide) groups is 1. The summed E-state index contributed by atoms with van der Waals surface area (Å²) in [6.45, 7) is 5.89. The van der Waals surface area contributed by atoms with E-state index in [0.29, 0.717) is 10.8 Å². The van der Waals surface area contributed by atoms with Gasteiger partial charge in [0.05, 0.1) is 6.04 Å². The van der Waals surface area contributed by atoms with Crippen molar-refractivity contribution in [3.63, 3.8) is 0 Å². The van der Waals surface area contributed by atoms with E-state index in [1.54, 1.807) is 0 Å². The summed E-state index contributed by atoms with van der Waals surface area (Å²) in [4.78, 5) is 12.7. The van der Waals surface area contributed by atoms with Crippen molar-refractivity contribution in [3.05, 3.63) is 0 Å². The third kappa shape index (κ3) is 2.52. The van der Waals surface area contributed by atoms with Gasteiger partial charge in [-0.3, -0.25) is 4.79 Å². The summed E-state index contributed by atoms with van der Waals surface area (Å²) in [6.07, 6.45) is 7.78. The monoisotopic (exact) mass is 308 g/mol. The first-order valence-corrected chi connectivity index (χ1v) is 9.68. The molecule has 5 fully saturated rings. The number of nitrogens with one attached hydrogen (secondary N) is 2. The van der Waals surface area contributed by atoms with Crippen molar-refractivity contribution in [3.8, 4) is 0 Å². The fourth-order valence-electron chi connectivity index (χ4n) is 6.67. The third-order valence-corrected chi connectivity index (χ3v) is 7.31. The van der Waals surface area contributed by atoms with Crippen molar-refractivity contribution in [2.45, 2.75) is 64.0 Å². The smallest absolute Gasteiger partial charge is 0.238 e. The first-order chi connectivity index (χ1) is 9.90. The molecule has 1 heterocycles. The number of carbonyl (C=O) groups excluding carboxylic acids is 1. The number of hydrogen-bond donors (Lipinski definition) is 2. The summed E-state index contributed by atoms with van der Waals surface area (Å²) in [5, 5.41) is 6.92. The molecule has 3 unspecified atom stereocenters. The second kappa shape index (κ2) is 4.64. The van der Waals surface area contributed by atoms with Gasteiger partial charge in [0.15, 0.2) is 0 Å².